The van der Waals surface area contributed by atoms with Crippen LogP contribution in [0.1, 0.15) is 39.3 Å². The van der Waals surface area contributed by atoms with Gasteiger partial charge < -0.3 is 34.7 Å². The van der Waals surface area contributed by atoms with Crippen molar-refractivity contribution in [1.29, 1.82) is 0 Å². The zero-order chi connectivity index (χ0) is 30.2. The molecule has 41 heavy (non-hydrogen) atoms. The highest BCUT2D eigenvalue weighted by molar-refractivity contribution is 7.52. The molecule has 1 aromatic heterocycles. The van der Waals surface area contributed by atoms with Crippen LogP contribution in [0.4, 0.5) is 5.82 Å². The molecule has 1 saturated heterocycles. The number of H-pyrrole nitrogens is 1. The third-order valence-corrected chi connectivity index (χ3v) is 7.78. The van der Waals surface area contributed by atoms with Crippen LogP contribution in [0.25, 0.3) is 0 Å². The van der Waals surface area contributed by atoms with Crippen LogP contribution in [0, 0.1) is 0 Å². The highest BCUT2D eigenvalue weighted by atomic mass is 31.2. The summed E-state index contributed by atoms with van der Waals surface area (Å²) >= 11 is 0. The summed E-state index contributed by atoms with van der Waals surface area (Å²) in [6, 6.07) is 7.74. The van der Waals surface area contributed by atoms with Gasteiger partial charge in [0, 0.05) is 6.07 Å². The Bertz CT molecular complexity index is 1290. The van der Waals surface area contributed by atoms with Crippen molar-refractivity contribution in [1.82, 2.24) is 10.1 Å². The Balaban J connectivity index is 1.82. The molecule has 0 amide bonds. The van der Waals surface area contributed by atoms with Crippen molar-refractivity contribution in [2.75, 3.05) is 26.1 Å². The van der Waals surface area contributed by atoms with Crippen LogP contribution in [0.15, 0.2) is 47.4 Å². The number of aliphatic hydroxyl groups is 2. The molecule has 1 aliphatic rings. The summed E-state index contributed by atoms with van der Waals surface area (Å²) in [6.07, 6.45) is -2.17. The smallest absolute Gasteiger partial charge is 0.468 e. The van der Waals surface area contributed by atoms with E-state index >= 15 is 0 Å². The van der Waals surface area contributed by atoms with Gasteiger partial charge in [0.15, 0.2) is 11.4 Å². The molecule has 1 aliphatic heterocycles. The van der Waals surface area contributed by atoms with Gasteiger partial charge in [-0.25, -0.2) is 4.57 Å². The molecular formula is C25H36N4O11P+. The summed E-state index contributed by atoms with van der Waals surface area (Å²) in [5.74, 6) is -1.51. The van der Waals surface area contributed by atoms with Crippen molar-refractivity contribution in [3.05, 3.63) is 53.1 Å². The van der Waals surface area contributed by atoms with Gasteiger partial charge in [-0.1, -0.05) is 31.5 Å². The van der Waals surface area contributed by atoms with Gasteiger partial charge in [0.05, 0.1) is 26.7 Å². The second kappa shape index (κ2) is 14.0. The summed E-state index contributed by atoms with van der Waals surface area (Å²) in [5.41, 5.74) is 2.88. The third-order valence-electron chi connectivity index (χ3n) is 6.22. The average Bonchev–Trinajstić information content (AvgIpc) is 3.15. The van der Waals surface area contributed by atoms with Crippen LogP contribution in [0.3, 0.4) is 0 Å². The lowest BCUT2D eigenvalue weighted by Crippen LogP contribution is -2.61. The second-order valence-corrected chi connectivity index (χ2v) is 11.2. The van der Waals surface area contributed by atoms with E-state index in [9.17, 15) is 29.2 Å². The summed E-state index contributed by atoms with van der Waals surface area (Å²) in [4.78, 5) is 39.6. The lowest BCUT2D eigenvalue weighted by Gasteiger charge is -2.26. The predicted molar refractivity (Wildman–Crippen MR) is 142 cm³/mol. The number of hydrogen-bond donors (Lipinski definition) is 5. The third kappa shape index (κ3) is 8.35. The number of unbranched alkanes of at least 4 members (excludes halogenated alkanes) is 1. The number of nitrogens with zero attached hydrogens (tertiary/aromatic N) is 1. The molecule has 226 valence electrons. The Morgan fingerprint density at radius 2 is 2.00 bits per heavy atom. The fourth-order valence-electron chi connectivity index (χ4n) is 3.97. The summed E-state index contributed by atoms with van der Waals surface area (Å²) < 4.78 is 41.7. The number of carbonyl (C=O) groups is 2. The SMILES string of the molecule is CCCCOC(=O)C[C@H](N[P@@](=O)(OC[C@H]1O[C@@H]([n+]2ccc(N)[nH]c2=O)[C@](C)(O)[C@@H]1O)Oc1ccccc1)C(=O)OC. The Morgan fingerprint density at radius 1 is 1.29 bits per heavy atom. The molecule has 0 radical (unpaired) electrons. The maximum absolute atomic E-state index is 13.9. The van der Waals surface area contributed by atoms with Crippen LogP contribution < -0.4 is 25.6 Å². The number of para-hydroxylation sites is 1. The minimum absolute atomic E-state index is 0.0730. The van der Waals surface area contributed by atoms with Crippen molar-refractivity contribution in [3.8, 4) is 5.75 Å². The van der Waals surface area contributed by atoms with Crippen molar-refractivity contribution < 1.29 is 52.2 Å². The molecule has 0 saturated carbocycles. The maximum atomic E-state index is 13.9. The maximum Gasteiger partial charge on any atom is 0.499 e. The normalized spacial score (nSPS) is 24.3. The molecule has 16 heteroatoms. The lowest BCUT2D eigenvalue weighted by atomic mass is 9.96. The molecule has 6 atom stereocenters. The molecular weight excluding hydrogens is 563 g/mol. The highest BCUT2D eigenvalue weighted by Crippen LogP contribution is 2.46. The molecule has 0 bridgehead atoms. The summed E-state index contributed by atoms with van der Waals surface area (Å²) in [5, 5.41) is 24.2. The Labute approximate surface area is 236 Å². The quantitative estimate of drug-likeness (QED) is 0.0858. The molecule has 6 N–H and O–H groups in total. The van der Waals surface area contributed by atoms with Crippen LogP contribution >= 0.6 is 7.75 Å². The van der Waals surface area contributed by atoms with Gasteiger partial charge in [-0.05, 0) is 25.5 Å². The summed E-state index contributed by atoms with van der Waals surface area (Å²) in [6.45, 7) is 2.68. The first-order chi connectivity index (χ1) is 19.4. The van der Waals surface area contributed by atoms with E-state index in [-0.39, 0.29) is 18.2 Å². The highest BCUT2D eigenvalue weighted by Gasteiger charge is 2.56. The van der Waals surface area contributed by atoms with Gasteiger partial charge in [0.25, 0.3) is 0 Å². The van der Waals surface area contributed by atoms with Crippen LogP contribution in [-0.2, 0) is 32.9 Å². The van der Waals surface area contributed by atoms with Gasteiger partial charge in [-0.15, -0.1) is 0 Å². The number of benzene rings is 1. The minimum Gasteiger partial charge on any atom is -0.468 e. The van der Waals surface area contributed by atoms with Gasteiger partial charge in [-0.3, -0.25) is 14.1 Å². The number of anilines is 1. The number of nitrogen functional groups attached to an aromatic ring is 1. The molecule has 2 aromatic rings. The number of methoxy groups -OCH3 is 1. The molecule has 0 aliphatic carbocycles. The number of aliphatic hydroxyl groups excluding tert-OH is 1. The van der Waals surface area contributed by atoms with Gasteiger partial charge in [-0.2, -0.15) is 19.4 Å². The fraction of sp³-hybridized carbons (Fsp3) is 0.520. The number of nitrogens with two attached hydrogens (primary N) is 1. The molecule has 2 heterocycles. The van der Waals surface area contributed by atoms with E-state index in [1.165, 1.54) is 31.3 Å². The monoisotopic (exact) mass is 599 g/mol. The van der Waals surface area contributed by atoms with Gasteiger partial charge in [0.2, 0.25) is 6.23 Å². The average molecular weight is 600 g/mol. The largest absolute Gasteiger partial charge is 0.499 e. The van der Waals surface area contributed by atoms with E-state index in [0.29, 0.717) is 6.42 Å². The minimum atomic E-state index is -4.50. The zero-order valence-electron chi connectivity index (χ0n) is 22.9. The first-order valence-electron chi connectivity index (χ1n) is 12.9. The molecule has 15 nitrogen and oxygen atoms in total. The molecule has 0 unspecified atom stereocenters. The number of esters is 2. The Kier molecular flexibility index (Phi) is 11.0. The Morgan fingerprint density at radius 3 is 2.63 bits per heavy atom. The fourth-order valence-corrected chi connectivity index (χ4v) is 5.47. The van der Waals surface area contributed by atoms with E-state index in [4.69, 9.17) is 29.0 Å². The van der Waals surface area contributed by atoms with Crippen LogP contribution in [-0.4, -0.2) is 71.3 Å². The van der Waals surface area contributed by atoms with Crippen molar-refractivity contribution >= 4 is 25.5 Å². The van der Waals surface area contributed by atoms with E-state index < -0.39 is 68.5 Å². The van der Waals surface area contributed by atoms with Crippen molar-refractivity contribution in [2.45, 2.75) is 63.2 Å². The number of hydrogen-bond acceptors (Lipinski definition) is 12. The first kappa shape index (κ1) is 32.2. The van der Waals surface area contributed by atoms with E-state index in [1.807, 2.05) is 6.92 Å². The van der Waals surface area contributed by atoms with Crippen molar-refractivity contribution in [3.63, 3.8) is 0 Å². The van der Waals surface area contributed by atoms with Crippen LogP contribution in [0.2, 0.25) is 0 Å². The van der Waals surface area contributed by atoms with E-state index in [1.54, 1.807) is 18.2 Å². The number of carbonyl (C=O) groups excluding carboxylic acids is 2. The number of ether oxygens (including phenoxy) is 3. The zero-order valence-corrected chi connectivity index (χ0v) is 23.8. The van der Waals surface area contributed by atoms with E-state index in [2.05, 4.69) is 10.1 Å². The van der Waals surface area contributed by atoms with Crippen molar-refractivity contribution in [2.24, 2.45) is 0 Å². The second-order valence-electron chi connectivity index (χ2n) is 9.49. The van der Waals surface area contributed by atoms with Gasteiger partial charge >= 0.3 is 25.4 Å². The summed E-state index contributed by atoms with van der Waals surface area (Å²) in [7, 11) is -3.42. The predicted octanol–water partition coefficient (Wildman–Crippen LogP) is 0.322. The number of rotatable bonds is 14. The molecule has 1 aromatic carbocycles. The lowest BCUT2D eigenvalue weighted by molar-refractivity contribution is -0.786. The van der Waals surface area contributed by atoms with Gasteiger partial charge in [0.1, 0.15) is 30.2 Å². The molecule has 0 spiro atoms. The number of aromatic nitrogens is 2. The Hall–Kier alpha value is -3.33. The molecule has 1 fully saturated rings. The topological polar surface area (TPSA) is 213 Å². The number of nitrogens with one attached hydrogen (secondary N) is 2. The van der Waals surface area contributed by atoms with Crippen LogP contribution in [0.5, 0.6) is 5.75 Å². The van der Waals surface area contributed by atoms with E-state index in [0.717, 1.165) is 18.1 Å². The number of aromatic amines is 1. The standard InChI is InChI=1S/C25H35N4O11P/c1-4-5-13-37-20(30)14-17(22(32)36-3)28-41(35,40-16-9-7-6-8-10-16)38-15-18-21(31)25(2,34)23(39-18)29-12-11-19(26)27-24(29)33/h6-12,17-18,21,23,31,34H,4-5,13-15H2,1-3H3,(H3,26,27,28,33,35)/p+1/t17-,18+,21+,23+,25+,41+/m0/s1. The first-order valence-corrected chi connectivity index (χ1v) is 14.4. The molecule has 3 rings (SSSR count).